The predicted octanol–water partition coefficient (Wildman–Crippen LogP) is 22.6. The van der Waals surface area contributed by atoms with Crippen LogP contribution in [0.5, 0.6) is 0 Å². The number of hydrogen-bond acceptors (Lipinski definition) is 15. The van der Waals surface area contributed by atoms with Crippen molar-refractivity contribution in [1.82, 2.24) is 0 Å². The number of aliphatic hydroxyl groups excluding tert-OH is 1. The van der Waals surface area contributed by atoms with Crippen molar-refractivity contribution in [3.8, 4) is 0 Å². The number of aliphatic hydroxyl groups is 1. The van der Waals surface area contributed by atoms with Gasteiger partial charge < -0.3 is 33.8 Å². The van der Waals surface area contributed by atoms with E-state index in [0.717, 1.165) is 108 Å². The number of carbonyl (C=O) groups excluding carboxylic acids is 4. The molecule has 0 aliphatic rings. The van der Waals surface area contributed by atoms with Gasteiger partial charge in [0, 0.05) is 25.7 Å². The zero-order valence-corrected chi connectivity index (χ0v) is 64.6. The number of unbranched alkanes of at least 4 members (excludes halogenated alkanes) is 41. The van der Waals surface area contributed by atoms with Gasteiger partial charge in [0.2, 0.25) is 0 Å². The van der Waals surface area contributed by atoms with Crippen LogP contribution in [0.3, 0.4) is 0 Å². The van der Waals surface area contributed by atoms with Crippen molar-refractivity contribution in [2.45, 2.75) is 414 Å². The summed E-state index contributed by atoms with van der Waals surface area (Å²) >= 11 is 0. The molecular weight excluding hydrogens is 1260 g/mol. The Kier molecular flexibility index (Phi) is 66.2. The van der Waals surface area contributed by atoms with E-state index in [1.165, 1.54) is 205 Å². The average Bonchev–Trinajstić information content (AvgIpc) is 1.55. The van der Waals surface area contributed by atoms with Crippen molar-refractivity contribution in [1.29, 1.82) is 0 Å². The lowest BCUT2D eigenvalue weighted by Gasteiger charge is -2.21. The van der Waals surface area contributed by atoms with Gasteiger partial charge in [-0.3, -0.25) is 37.3 Å². The van der Waals surface area contributed by atoms with Gasteiger partial charge in [0.15, 0.2) is 12.2 Å². The number of ether oxygens (including phenoxy) is 4. The fourth-order valence-electron chi connectivity index (χ4n) is 11.7. The molecule has 0 rings (SSSR count). The summed E-state index contributed by atoms with van der Waals surface area (Å²) in [6.07, 6.45) is 53.9. The number of esters is 4. The Hall–Kier alpha value is -1.94. The molecule has 0 aliphatic heterocycles. The first-order valence-electron chi connectivity index (χ1n) is 39.9. The summed E-state index contributed by atoms with van der Waals surface area (Å²) in [5.74, 6) is 0.233. The van der Waals surface area contributed by atoms with E-state index in [1.807, 2.05) is 0 Å². The highest BCUT2D eigenvalue weighted by Crippen LogP contribution is 2.45. The molecule has 19 heteroatoms. The SMILES string of the molecule is CCCCCCCCCCCCCCCCC(=O)OC[C@H](COP(=O)(O)OC[C@@H](O)COP(=O)(O)OC[C@@H](COC(=O)CCCCCCCCCCC(C)CC)OC(=O)CCCCCCCCCCC(C)CC)OC(=O)CCCCCCCCCCCCCCCCCC(C)C. The Morgan fingerprint density at radius 2 is 0.531 bits per heavy atom. The molecule has 0 heterocycles. The lowest BCUT2D eigenvalue weighted by atomic mass is 9.99. The highest BCUT2D eigenvalue weighted by molar-refractivity contribution is 7.47. The normalized spacial score (nSPS) is 14.6. The Morgan fingerprint density at radius 3 is 0.792 bits per heavy atom. The molecule has 0 saturated carbocycles. The minimum absolute atomic E-state index is 0.105. The quantitative estimate of drug-likeness (QED) is 0.0222. The first-order chi connectivity index (χ1) is 46.3. The van der Waals surface area contributed by atoms with Gasteiger partial charge in [-0.1, -0.05) is 344 Å². The Balaban J connectivity index is 5.26. The Labute approximate surface area is 588 Å². The number of hydrogen-bond donors (Lipinski definition) is 3. The molecule has 0 aromatic heterocycles. The molecule has 570 valence electrons. The Bertz CT molecular complexity index is 1870. The van der Waals surface area contributed by atoms with Gasteiger partial charge in [0.05, 0.1) is 26.4 Å². The van der Waals surface area contributed by atoms with Crippen LogP contribution in [-0.4, -0.2) is 96.7 Å². The van der Waals surface area contributed by atoms with Gasteiger partial charge in [0.25, 0.3) is 0 Å². The maximum Gasteiger partial charge on any atom is 0.472 e. The summed E-state index contributed by atoms with van der Waals surface area (Å²) in [5, 5.41) is 10.6. The van der Waals surface area contributed by atoms with Crippen LogP contribution in [0.25, 0.3) is 0 Å². The van der Waals surface area contributed by atoms with E-state index in [4.69, 9.17) is 37.0 Å². The third kappa shape index (κ3) is 67.9. The lowest BCUT2D eigenvalue weighted by Crippen LogP contribution is -2.30. The minimum atomic E-state index is -4.96. The smallest absolute Gasteiger partial charge is 0.462 e. The van der Waals surface area contributed by atoms with Crippen molar-refractivity contribution < 1.29 is 80.2 Å². The minimum Gasteiger partial charge on any atom is -0.462 e. The highest BCUT2D eigenvalue weighted by Gasteiger charge is 2.30. The zero-order chi connectivity index (χ0) is 70.9. The number of carbonyl (C=O) groups is 4. The zero-order valence-electron chi connectivity index (χ0n) is 62.8. The number of phosphoric acid groups is 2. The predicted molar refractivity (Wildman–Crippen MR) is 391 cm³/mol. The molecule has 17 nitrogen and oxygen atoms in total. The van der Waals surface area contributed by atoms with Crippen molar-refractivity contribution in [3.05, 3.63) is 0 Å². The second-order valence-corrected chi connectivity index (χ2v) is 31.6. The van der Waals surface area contributed by atoms with E-state index in [-0.39, 0.29) is 25.7 Å². The van der Waals surface area contributed by atoms with Gasteiger partial charge in [-0.2, -0.15) is 0 Å². The third-order valence-electron chi connectivity index (χ3n) is 18.6. The van der Waals surface area contributed by atoms with E-state index in [1.54, 1.807) is 0 Å². The molecule has 0 radical (unpaired) electrons. The molecule has 0 fully saturated rings. The summed E-state index contributed by atoms with van der Waals surface area (Å²) in [5.41, 5.74) is 0. The second kappa shape index (κ2) is 67.5. The van der Waals surface area contributed by atoms with Crippen LogP contribution < -0.4 is 0 Å². The van der Waals surface area contributed by atoms with Crippen LogP contribution in [0.15, 0.2) is 0 Å². The van der Waals surface area contributed by atoms with Crippen molar-refractivity contribution in [2.75, 3.05) is 39.6 Å². The van der Waals surface area contributed by atoms with E-state index in [2.05, 4.69) is 48.5 Å². The summed E-state index contributed by atoms with van der Waals surface area (Å²) in [4.78, 5) is 72.9. The van der Waals surface area contributed by atoms with Crippen molar-refractivity contribution in [2.24, 2.45) is 17.8 Å². The van der Waals surface area contributed by atoms with Gasteiger partial charge in [0.1, 0.15) is 19.3 Å². The summed E-state index contributed by atoms with van der Waals surface area (Å²) in [7, 11) is -9.92. The fraction of sp³-hybridized carbons (Fsp3) is 0.948. The summed E-state index contributed by atoms with van der Waals surface area (Å²) in [6, 6.07) is 0. The first kappa shape index (κ1) is 94.1. The molecule has 0 saturated heterocycles. The summed E-state index contributed by atoms with van der Waals surface area (Å²) < 4.78 is 68.6. The molecule has 0 aromatic carbocycles. The van der Waals surface area contributed by atoms with Crippen molar-refractivity contribution in [3.63, 3.8) is 0 Å². The van der Waals surface area contributed by atoms with Crippen LogP contribution in [0.2, 0.25) is 0 Å². The molecule has 3 N–H and O–H groups in total. The van der Waals surface area contributed by atoms with Gasteiger partial charge >= 0.3 is 39.5 Å². The van der Waals surface area contributed by atoms with Crippen LogP contribution in [-0.2, 0) is 65.4 Å². The van der Waals surface area contributed by atoms with Crippen LogP contribution in [0, 0.1) is 17.8 Å². The van der Waals surface area contributed by atoms with E-state index in [9.17, 15) is 43.2 Å². The molecule has 0 bridgehead atoms. The third-order valence-corrected chi connectivity index (χ3v) is 20.5. The molecular formula is C77H150O17P2. The maximum atomic E-state index is 13.1. The summed E-state index contributed by atoms with van der Waals surface area (Å²) in [6.45, 7) is 11.9. The maximum absolute atomic E-state index is 13.1. The number of phosphoric ester groups is 2. The van der Waals surface area contributed by atoms with E-state index < -0.39 is 97.5 Å². The molecule has 0 amide bonds. The van der Waals surface area contributed by atoms with Crippen molar-refractivity contribution >= 4 is 39.5 Å². The largest absolute Gasteiger partial charge is 0.472 e. The van der Waals surface area contributed by atoms with Crippen LogP contribution in [0.1, 0.15) is 395 Å². The molecule has 4 unspecified atom stereocenters. The second-order valence-electron chi connectivity index (χ2n) is 28.7. The molecule has 7 atom stereocenters. The number of rotatable bonds is 75. The fourth-order valence-corrected chi connectivity index (χ4v) is 13.3. The van der Waals surface area contributed by atoms with E-state index >= 15 is 0 Å². The molecule has 0 aromatic rings. The highest BCUT2D eigenvalue weighted by atomic mass is 31.2. The monoisotopic (exact) mass is 1410 g/mol. The topological polar surface area (TPSA) is 237 Å². The van der Waals surface area contributed by atoms with E-state index in [0.29, 0.717) is 25.7 Å². The van der Waals surface area contributed by atoms with Gasteiger partial charge in [-0.05, 0) is 43.4 Å². The lowest BCUT2D eigenvalue weighted by molar-refractivity contribution is -0.161. The van der Waals surface area contributed by atoms with Crippen LogP contribution in [0.4, 0.5) is 0 Å². The molecule has 96 heavy (non-hydrogen) atoms. The molecule has 0 spiro atoms. The average molecular weight is 1410 g/mol. The Morgan fingerprint density at radius 1 is 0.302 bits per heavy atom. The van der Waals surface area contributed by atoms with Gasteiger partial charge in [-0.15, -0.1) is 0 Å². The first-order valence-corrected chi connectivity index (χ1v) is 42.9. The standard InChI is InChI=1S/C77H150O17P2/c1-8-11-12-13-14-15-16-17-22-25-28-37-44-51-58-74(79)87-64-72(93-76(81)60-53-46-39-29-26-23-20-18-19-21-24-27-34-41-48-55-68(4)5)66-91-95(83,84)89-62-71(78)63-90-96(85,86)92-67-73(94-77(82)61-54-47-40-33-31-36-43-50-57-70(7)10-3)65-88-75(80)59-52-45-38-32-30-35-42-49-56-69(6)9-2/h68-73,78H,8-67H2,1-7H3,(H,83,84)(H,85,86)/t69?,70?,71-,72-,73-/m1/s1. The van der Waals surface area contributed by atoms with Gasteiger partial charge in [-0.25, -0.2) is 9.13 Å². The van der Waals surface area contributed by atoms with Crippen LogP contribution >= 0.6 is 15.6 Å². The molecule has 0 aliphatic carbocycles.